The number of aromatic nitrogens is 1. The van der Waals surface area contributed by atoms with Crippen LogP contribution in [0, 0.1) is 0 Å². The van der Waals surface area contributed by atoms with Crippen LogP contribution in [0.15, 0.2) is 48.8 Å². The molecule has 0 saturated carbocycles. The fourth-order valence-corrected chi connectivity index (χ4v) is 1.46. The van der Waals surface area contributed by atoms with Crippen LogP contribution in [0.5, 0.6) is 0 Å². The van der Waals surface area contributed by atoms with Gasteiger partial charge in [-0.1, -0.05) is 6.07 Å². The Bertz CT molecular complexity index is 599. The molecule has 19 heavy (non-hydrogen) atoms. The fourth-order valence-electron chi connectivity index (χ4n) is 1.46. The maximum absolute atomic E-state index is 11.7. The van der Waals surface area contributed by atoms with Gasteiger partial charge in [-0.05, 0) is 30.3 Å². The van der Waals surface area contributed by atoms with Gasteiger partial charge in [-0.3, -0.25) is 4.98 Å². The number of carboxylic acids is 1. The molecule has 6 nitrogen and oxygen atoms in total. The third kappa shape index (κ3) is 3.53. The van der Waals surface area contributed by atoms with Gasteiger partial charge in [0.05, 0.1) is 5.56 Å². The Labute approximate surface area is 109 Å². The first kappa shape index (κ1) is 12.6. The smallest absolute Gasteiger partial charge is 0.335 e. The lowest BCUT2D eigenvalue weighted by atomic mass is 10.2. The lowest BCUT2D eigenvalue weighted by molar-refractivity contribution is 0.0697. The third-order valence-corrected chi connectivity index (χ3v) is 2.31. The monoisotopic (exact) mass is 257 g/mol. The number of aromatic carboxylic acids is 1. The van der Waals surface area contributed by atoms with E-state index in [1.165, 1.54) is 12.1 Å². The molecule has 0 aliphatic rings. The van der Waals surface area contributed by atoms with E-state index in [1.54, 1.807) is 36.7 Å². The van der Waals surface area contributed by atoms with Crippen molar-refractivity contribution < 1.29 is 14.7 Å². The van der Waals surface area contributed by atoms with Crippen LogP contribution in [0.1, 0.15) is 10.4 Å². The van der Waals surface area contributed by atoms with Crippen molar-refractivity contribution in [2.45, 2.75) is 0 Å². The zero-order valence-electron chi connectivity index (χ0n) is 9.83. The van der Waals surface area contributed by atoms with Gasteiger partial charge < -0.3 is 15.7 Å². The van der Waals surface area contributed by atoms with E-state index >= 15 is 0 Å². The van der Waals surface area contributed by atoms with Crippen molar-refractivity contribution in [1.82, 2.24) is 4.98 Å². The minimum atomic E-state index is -1.04. The Morgan fingerprint density at radius 3 is 2.37 bits per heavy atom. The quantitative estimate of drug-likeness (QED) is 0.787. The number of hydrogen-bond acceptors (Lipinski definition) is 3. The number of carboxylic acid groups (broad SMARTS) is 1. The zero-order chi connectivity index (χ0) is 13.7. The van der Waals surface area contributed by atoms with Crippen LogP contribution in [0.2, 0.25) is 0 Å². The van der Waals surface area contributed by atoms with Crippen molar-refractivity contribution in [3.05, 3.63) is 54.4 Å². The van der Waals surface area contributed by atoms with Crippen molar-refractivity contribution in [1.29, 1.82) is 0 Å². The predicted octanol–water partition coefficient (Wildman–Crippen LogP) is 2.42. The van der Waals surface area contributed by atoms with Crippen LogP contribution in [-0.2, 0) is 0 Å². The topological polar surface area (TPSA) is 91.3 Å². The average molecular weight is 257 g/mol. The second-order valence-electron chi connectivity index (χ2n) is 3.70. The number of urea groups is 1. The number of anilines is 2. The largest absolute Gasteiger partial charge is 0.478 e. The highest BCUT2D eigenvalue weighted by molar-refractivity contribution is 6.00. The molecule has 96 valence electrons. The Balaban J connectivity index is 2.03. The zero-order valence-corrected chi connectivity index (χ0v) is 9.83. The molecule has 2 aromatic rings. The summed E-state index contributed by atoms with van der Waals surface area (Å²) in [6.07, 6.45) is 3.11. The molecule has 3 N–H and O–H groups in total. The number of benzene rings is 1. The van der Waals surface area contributed by atoms with Gasteiger partial charge >= 0.3 is 12.0 Å². The first-order valence-electron chi connectivity index (χ1n) is 5.46. The standard InChI is InChI=1S/C13H11N3O3/c17-12(18)9-2-1-3-11(8-9)16-13(19)15-10-4-6-14-7-5-10/h1-8H,(H,17,18)(H2,14,15,16,19). The van der Waals surface area contributed by atoms with Crippen LogP contribution in [0.25, 0.3) is 0 Å². The maximum atomic E-state index is 11.7. The number of carbonyl (C=O) groups is 2. The summed E-state index contributed by atoms with van der Waals surface area (Å²) >= 11 is 0. The first-order valence-corrected chi connectivity index (χ1v) is 5.46. The molecule has 6 heteroatoms. The summed E-state index contributed by atoms with van der Waals surface area (Å²) in [5.74, 6) is -1.04. The van der Waals surface area contributed by atoms with Crippen LogP contribution in [0.3, 0.4) is 0 Å². The van der Waals surface area contributed by atoms with Gasteiger partial charge in [0.25, 0.3) is 0 Å². The van der Waals surface area contributed by atoms with Crippen molar-refractivity contribution in [3.8, 4) is 0 Å². The van der Waals surface area contributed by atoms with Gasteiger partial charge in [-0.2, -0.15) is 0 Å². The van der Waals surface area contributed by atoms with E-state index < -0.39 is 12.0 Å². The number of pyridine rings is 1. The summed E-state index contributed by atoms with van der Waals surface area (Å²) in [6, 6.07) is 8.85. The van der Waals surface area contributed by atoms with E-state index in [0.717, 1.165) is 0 Å². The molecule has 2 amide bonds. The molecule has 0 unspecified atom stereocenters. The summed E-state index contributed by atoms with van der Waals surface area (Å²) in [4.78, 5) is 26.3. The molecule has 1 aromatic heterocycles. The molecule has 0 aliphatic heterocycles. The Kier molecular flexibility index (Phi) is 3.72. The molecular weight excluding hydrogens is 246 g/mol. The maximum Gasteiger partial charge on any atom is 0.335 e. The molecule has 0 atom stereocenters. The van der Waals surface area contributed by atoms with E-state index in [9.17, 15) is 9.59 Å². The fraction of sp³-hybridized carbons (Fsp3) is 0. The molecule has 0 bridgehead atoms. The number of carbonyl (C=O) groups excluding carboxylic acids is 1. The van der Waals surface area contributed by atoms with Gasteiger partial charge in [-0.15, -0.1) is 0 Å². The molecule has 1 aromatic carbocycles. The molecule has 0 radical (unpaired) electrons. The third-order valence-electron chi connectivity index (χ3n) is 2.31. The summed E-state index contributed by atoms with van der Waals surface area (Å²) in [7, 11) is 0. The van der Waals surface area contributed by atoms with E-state index in [-0.39, 0.29) is 5.56 Å². The molecular formula is C13H11N3O3. The van der Waals surface area contributed by atoms with Gasteiger partial charge in [0, 0.05) is 23.8 Å². The lowest BCUT2D eigenvalue weighted by Crippen LogP contribution is -2.19. The molecule has 0 aliphatic carbocycles. The van der Waals surface area contributed by atoms with E-state index in [2.05, 4.69) is 15.6 Å². The van der Waals surface area contributed by atoms with Crippen LogP contribution < -0.4 is 10.6 Å². The summed E-state index contributed by atoms with van der Waals surface area (Å²) in [6.45, 7) is 0. The molecule has 0 fully saturated rings. The average Bonchev–Trinajstić information content (AvgIpc) is 2.40. The Morgan fingerprint density at radius 2 is 1.68 bits per heavy atom. The van der Waals surface area contributed by atoms with Gasteiger partial charge in [0.2, 0.25) is 0 Å². The lowest BCUT2D eigenvalue weighted by Gasteiger charge is -2.07. The minimum Gasteiger partial charge on any atom is -0.478 e. The number of rotatable bonds is 3. The van der Waals surface area contributed by atoms with Crippen molar-refractivity contribution >= 4 is 23.4 Å². The summed E-state index contributed by atoms with van der Waals surface area (Å²) in [5.41, 5.74) is 1.12. The van der Waals surface area contributed by atoms with Gasteiger partial charge in [0.1, 0.15) is 0 Å². The number of amides is 2. The number of nitrogens with one attached hydrogen (secondary N) is 2. The normalized spacial score (nSPS) is 9.68. The van der Waals surface area contributed by atoms with E-state index in [4.69, 9.17) is 5.11 Å². The number of hydrogen-bond donors (Lipinski definition) is 3. The highest BCUT2D eigenvalue weighted by atomic mass is 16.4. The minimum absolute atomic E-state index is 0.113. The molecule has 0 spiro atoms. The number of nitrogens with zero attached hydrogens (tertiary/aromatic N) is 1. The van der Waals surface area contributed by atoms with Crippen molar-refractivity contribution in [3.63, 3.8) is 0 Å². The summed E-state index contributed by atoms with van der Waals surface area (Å²) < 4.78 is 0. The van der Waals surface area contributed by atoms with Crippen molar-refractivity contribution in [2.75, 3.05) is 10.6 Å². The Hall–Kier alpha value is -2.89. The van der Waals surface area contributed by atoms with Crippen molar-refractivity contribution in [2.24, 2.45) is 0 Å². The molecule has 1 heterocycles. The second kappa shape index (κ2) is 5.63. The molecule has 0 saturated heterocycles. The highest BCUT2D eigenvalue weighted by Gasteiger charge is 2.06. The highest BCUT2D eigenvalue weighted by Crippen LogP contribution is 2.11. The molecule has 2 rings (SSSR count). The first-order chi connectivity index (χ1) is 9.15. The van der Waals surface area contributed by atoms with Gasteiger partial charge in [0.15, 0.2) is 0 Å². The van der Waals surface area contributed by atoms with E-state index in [0.29, 0.717) is 11.4 Å². The Morgan fingerprint density at radius 1 is 1.00 bits per heavy atom. The van der Waals surface area contributed by atoms with Crippen LogP contribution >= 0.6 is 0 Å². The van der Waals surface area contributed by atoms with Gasteiger partial charge in [-0.25, -0.2) is 9.59 Å². The predicted molar refractivity (Wildman–Crippen MR) is 70.3 cm³/mol. The van der Waals surface area contributed by atoms with Crippen LogP contribution in [-0.4, -0.2) is 22.1 Å². The second-order valence-corrected chi connectivity index (χ2v) is 3.70. The van der Waals surface area contributed by atoms with Crippen LogP contribution in [0.4, 0.5) is 16.2 Å². The van der Waals surface area contributed by atoms with E-state index in [1.807, 2.05) is 0 Å². The summed E-state index contributed by atoms with van der Waals surface area (Å²) in [5, 5.41) is 14.0. The SMILES string of the molecule is O=C(Nc1ccncc1)Nc1cccc(C(=O)O)c1.